The maximum Gasteiger partial charge on any atom is 0.161 e. The van der Waals surface area contributed by atoms with Crippen LogP contribution in [0.15, 0.2) is 54.9 Å². The lowest BCUT2D eigenvalue weighted by Crippen LogP contribution is -2.17. The van der Waals surface area contributed by atoms with Gasteiger partial charge in [0.05, 0.1) is 6.61 Å². The first-order chi connectivity index (χ1) is 12.8. The number of ether oxygens (including phenoxy) is 1. The molecule has 2 aromatic carbocycles. The summed E-state index contributed by atoms with van der Waals surface area (Å²) in [7, 11) is 0. The molecule has 0 atom stereocenters. The van der Waals surface area contributed by atoms with Gasteiger partial charge in [-0.1, -0.05) is 18.2 Å². The Balaban J connectivity index is 1.60. The summed E-state index contributed by atoms with van der Waals surface area (Å²) in [6, 6.07) is 16.1. The predicted octanol–water partition coefficient (Wildman–Crippen LogP) is 3.90. The van der Waals surface area contributed by atoms with E-state index in [-0.39, 0.29) is 0 Å². The first kappa shape index (κ1) is 16.2. The van der Waals surface area contributed by atoms with Crippen molar-refractivity contribution in [3.8, 4) is 5.75 Å². The van der Waals surface area contributed by atoms with Crippen LogP contribution in [-0.4, -0.2) is 23.1 Å². The van der Waals surface area contributed by atoms with Crippen molar-refractivity contribution in [1.29, 1.82) is 0 Å². The van der Waals surface area contributed by atoms with Crippen LogP contribution in [0.4, 0.5) is 28.7 Å². The minimum Gasteiger partial charge on any atom is -0.494 e. The molecule has 6 heteroatoms. The van der Waals surface area contributed by atoms with Gasteiger partial charge in [-0.2, -0.15) is 0 Å². The molecule has 0 aliphatic carbocycles. The minimum absolute atomic E-state index is 0.540. The van der Waals surface area contributed by atoms with E-state index in [1.54, 1.807) is 6.33 Å². The van der Waals surface area contributed by atoms with Crippen LogP contribution < -0.4 is 20.7 Å². The number of nitrogens with zero attached hydrogens (tertiary/aromatic N) is 3. The van der Waals surface area contributed by atoms with Crippen LogP contribution >= 0.6 is 0 Å². The molecular weight excluding hydrogens is 326 g/mol. The first-order valence-corrected chi connectivity index (χ1v) is 8.72. The highest BCUT2D eigenvalue weighted by molar-refractivity contribution is 5.83. The molecule has 3 N–H and O–H groups in total. The van der Waals surface area contributed by atoms with Gasteiger partial charge in [-0.15, -0.1) is 0 Å². The number of nitrogen functional groups attached to an aromatic ring is 1. The Hall–Kier alpha value is -3.28. The Morgan fingerprint density at radius 1 is 1.12 bits per heavy atom. The Morgan fingerprint density at radius 3 is 2.73 bits per heavy atom. The van der Waals surface area contributed by atoms with E-state index in [0.717, 1.165) is 35.9 Å². The quantitative estimate of drug-likeness (QED) is 0.729. The van der Waals surface area contributed by atoms with Crippen molar-refractivity contribution in [2.75, 3.05) is 29.1 Å². The molecular formula is C20H21N5O. The van der Waals surface area contributed by atoms with E-state index in [4.69, 9.17) is 10.5 Å². The molecule has 6 nitrogen and oxygen atoms in total. The average Bonchev–Trinajstić information content (AvgIpc) is 3.09. The molecule has 2 heterocycles. The third-order valence-corrected chi connectivity index (χ3v) is 4.43. The van der Waals surface area contributed by atoms with Crippen LogP contribution in [0.3, 0.4) is 0 Å². The number of anilines is 5. The summed E-state index contributed by atoms with van der Waals surface area (Å²) in [6.45, 7) is 3.47. The zero-order valence-corrected chi connectivity index (χ0v) is 14.6. The molecule has 1 aliphatic heterocycles. The van der Waals surface area contributed by atoms with Gasteiger partial charge >= 0.3 is 0 Å². The summed E-state index contributed by atoms with van der Waals surface area (Å²) in [5, 5.41) is 3.27. The van der Waals surface area contributed by atoms with E-state index in [1.807, 2.05) is 37.3 Å². The molecule has 3 aromatic rings. The molecule has 132 valence electrons. The van der Waals surface area contributed by atoms with Gasteiger partial charge in [-0.3, -0.25) is 0 Å². The Morgan fingerprint density at radius 2 is 1.92 bits per heavy atom. The van der Waals surface area contributed by atoms with E-state index in [2.05, 4.69) is 38.4 Å². The zero-order valence-electron chi connectivity index (χ0n) is 14.6. The second-order valence-corrected chi connectivity index (χ2v) is 6.07. The Kier molecular flexibility index (Phi) is 4.31. The third-order valence-electron chi connectivity index (χ3n) is 4.43. The van der Waals surface area contributed by atoms with E-state index in [1.165, 1.54) is 5.56 Å². The molecule has 26 heavy (non-hydrogen) atoms. The van der Waals surface area contributed by atoms with E-state index in [9.17, 15) is 0 Å². The first-order valence-electron chi connectivity index (χ1n) is 8.72. The molecule has 4 rings (SSSR count). The van der Waals surface area contributed by atoms with Crippen molar-refractivity contribution in [3.63, 3.8) is 0 Å². The highest BCUT2D eigenvalue weighted by Crippen LogP contribution is 2.38. The average molecular weight is 347 g/mol. The van der Waals surface area contributed by atoms with Gasteiger partial charge in [0, 0.05) is 17.9 Å². The normalized spacial score (nSPS) is 12.7. The van der Waals surface area contributed by atoms with E-state index < -0.39 is 0 Å². The van der Waals surface area contributed by atoms with Gasteiger partial charge in [0.15, 0.2) is 11.6 Å². The van der Waals surface area contributed by atoms with Crippen LogP contribution in [0, 0.1) is 0 Å². The second kappa shape index (κ2) is 6.92. The molecule has 1 aliphatic rings. The third kappa shape index (κ3) is 3.01. The van der Waals surface area contributed by atoms with Gasteiger partial charge in [0.25, 0.3) is 0 Å². The van der Waals surface area contributed by atoms with Crippen LogP contribution in [-0.2, 0) is 6.42 Å². The topological polar surface area (TPSA) is 76.3 Å². The number of benzene rings is 2. The van der Waals surface area contributed by atoms with Crippen LogP contribution in [0.25, 0.3) is 0 Å². The Labute approximate surface area is 152 Å². The van der Waals surface area contributed by atoms with E-state index >= 15 is 0 Å². The van der Waals surface area contributed by atoms with Gasteiger partial charge in [-0.05, 0) is 49.2 Å². The number of hydrogen-bond donors (Lipinski definition) is 2. The summed E-state index contributed by atoms with van der Waals surface area (Å²) in [6.07, 6.45) is 2.53. The largest absolute Gasteiger partial charge is 0.494 e. The second-order valence-electron chi connectivity index (χ2n) is 6.07. The summed E-state index contributed by atoms with van der Waals surface area (Å²) in [4.78, 5) is 10.9. The predicted molar refractivity (Wildman–Crippen MR) is 104 cm³/mol. The minimum atomic E-state index is 0.540. The number of para-hydroxylation sites is 1. The fraction of sp³-hybridized carbons (Fsp3) is 0.200. The Bertz CT molecular complexity index is 910. The fourth-order valence-electron chi connectivity index (χ4n) is 3.20. The van der Waals surface area contributed by atoms with Crippen molar-refractivity contribution in [2.45, 2.75) is 13.3 Å². The van der Waals surface area contributed by atoms with Crippen molar-refractivity contribution in [3.05, 3.63) is 60.4 Å². The fourth-order valence-corrected chi connectivity index (χ4v) is 3.20. The molecule has 0 bridgehead atoms. The van der Waals surface area contributed by atoms with Crippen LogP contribution in [0.5, 0.6) is 5.75 Å². The number of nitrogens with two attached hydrogens (primary N) is 1. The summed E-state index contributed by atoms with van der Waals surface area (Å²) >= 11 is 0. The van der Waals surface area contributed by atoms with Crippen molar-refractivity contribution in [2.24, 2.45) is 0 Å². The standard InChI is InChI=1S/C20H21N5O/c1-2-26-16-9-7-15(8-10-16)24-19-18(21)20(23-13-22-19)25-12-11-14-5-3-4-6-17(14)25/h3-10,13H,2,11-12,21H2,1H3,(H,22,23,24). The zero-order chi connectivity index (χ0) is 17.9. The SMILES string of the molecule is CCOc1ccc(Nc2ncnc(N3CCc4ccccc43)c2N)cc1. The van der Waals surface area contributed by atoms with Crippen LogP contribution in [0.2, 0.25) is 0 Å². The molecule has 0 amide bonds. The van der Waals surface area contributed by atoms with Gasteiger partial charge in [0.2, 0.25) is 0 Å². The van der Waals surface area contributed by atoms with Crippen molar-refractivity contribution >= 4 is 28.7 Å². The highest BCUT2D eigenvalue weighted by atomic mass is 16.5. The lowest BCUT2D eigenvalue weighted by Gasteiger charge is -2.21. The monoisotopic (exact) mass is 347 g/mol. The van der Waals surface area contributed by atoms with Gasteiger partial charge in [0.1, 0.15) is 17.8 Å². The lowest BCUT2D eigenvalue weighted by molar-refractivity contribution is 0.340. The molecule has 0 unspecified atom stereocenters. The maximum absolute atomic E-state index is 6.39. The molecule has 0 saturated heterocycles. The smallest absolute Gasteiger partial charge is 0.161 e. The van der Waals surface area contributed by atoms with Crippen molar-refractivity contribution in [1.82, 2.24) is 9.97 Å². The summed E-state index contributed by atoms with van der Waals surface area (Å²) in [5.41, 5.74) is 10.3. The number of rotatable bonds is 5. The van der Waals surface area contributed by atoms with Gasteiger partial charge < -0.3 is 20.7 Å². The molecule has 0 spiro atoms. The van der Waals surface area contributed by atoms with Gasteiger partial charge in [-0.25, -0.2) is 9.97 Å². The van der Waals surface area contributed by atoms with Crippen molar-refractivity contribution < 1.29 is 4.74 Å². The molecule has 0 saturated carbocycles. The highest BCUT2D eigenvalue weighted by Gasteiger charge is 2.23. The molecule has 0 fully saturated rings. The maximum atomic E-state index is 6.39. The number of aromatic nitrogens is 2. The lowest BCUT2D eigenvalue weighted by atomic mass is 10.2. The molecule has 1 aromatic heterocycles. The molecule has 0 radical (unpaired) electrons. The van der Waals surface area contributed by atoms with E-state index in [0.29, 0.717) is 18.1 Å². The number of fused-ring (bicyclic) bond motifs is 1. The number of hydrogen-bond acceptors (Lipinski definition) is 6. The summed E-state index contributed by atoms with van der Waals surface area (Å²) in [5.74, 6) is 2.17. The summed E-state index contributed by atoms with van der Waals surface area (Å²) < 4.78 is 5.47. The number of nitrogens with one attached hydrogen (secondary N) is 1. The van der Waals surface area contributed by atoms with Crippen LogP contribution in [0.1, 0.15) is 12.5 Å².